The van der Waals surface area contributed by atoms with Gasteiger partial charge in [-0.25, -0.2) is 0 Å². The quantitative estimate of drug-likeness (QED) is 0.144. The summed E-state index contributed by atoms with van der Waals surface area (Å²) in [4.78, 5) is 4.77. The summed E-state index contributed by atoms with van der Waals surface area (Å²) in [6.07, 6.45) is 0. The number of hydrogen-bond acceptors (Lipinski definition) is 4. The molecule has 4 heteroatoms. The molecule has 12 aromatic carbocycles. The van der Waals surface area contributed by atoms with Gasteiger partial charge in [-0.1, -0.05) is 170 Å². The summed E-state index contributed by atoms with van der Waals surface area (Å²) in [5.41, 5.74) is 16.6. The SMILES string of the molecule is c1ccc(-c2ccc(N(c3cccc(-c4cccc(N(c5ccc6cc(-c7ccccc7)ccc6c5)c5cccc6oc7ccccc7c56)c4)c3)c3cccc4oc5cc6ccccc6cc5c34)cc2)cc1. The van der Waals surface area contributed by atoms with E-state index in [0.717, 1.165) is 105 Å². The highest BCUT2D eigenvalue weighted by Crippen LogP contribution is 2.47. The summed E-state index contributed by atoms with van der Waals surface area (Å²) in [6.45, 7) is 0. The van der Waals surface area contributed by atoms with Gasteiger partial charge in [0.15, 0.2) is 0 Å². The first kappa shape index (κ1) is 41.3. The summed E-state index contributed by atoms with van der Waals surface area (Å²) < 4.78 is 13.2. The molecule has 0 amide bonds. The van der Waals surface area contributed by atoms with E-state index >= 15 is 0 Å². The van der Waals surface area contributed by atoms with E-state index in [2.05, 4.69) is 271 Å². The Kier molecular flexibility index (Phi) is 9.82. The second-order valence-corrected chi connectivity index (χ2v) is 18.5. The van der Waals surface area contributed by atoms with E-state index in [4.69, 9.17) is 8.83 Å². The molecule has 0 bridgehead atoms. The van der Waals surface area contributed by atoms with Crippen molar-refractivity contribution in [3.8, 4) is 33.4 Å². The van der Waals surface area contributed by atoms with Crippen molar-refractivity contribution in [1.82, 2.24) is 0 Å². The summed E-state index contributed by atoms with van der Waals surface area (Å²) in [5.74, 6) is 0. The predicted octanol–water partition coefficient (Wildman–Crippen LogP) is 19.7. The molecular weight excluding hydrogens is 877 g/mol. The van der Waals surface area contributed by atoms with Gasteiger partial charge in [0.05, 0.1) is 22.1 Å². The van der Waals surface area contributed by atoms with Gasteiger partial charge in [-0.3, -0.25) is 0 Å². The first-order chi connectivity index (χ1) is 35.7. The summed E-state index contributed by atoms with van der Waals surface area (Å²) in [5, 5.41) is 8.98. The standard InChI is InChI=1S/C68H44N2O2/c1-3-15-45(16-4-1)47-33-36-55(37-34-47)69(62-27-14-30-65-68(62)60-43-50-19-7-8-20-51(50)44-66(60)72-65)56-23-11-21-48(40-56)49-22-12-24-57(41-49)70(61-26-13-29-64-67(61)59-25-9-10-28-63(59)71-64)58-38-35-53-39-52(31-32-54(53)42-58)46-17-5-2-6-18-46/h1-44H. The number of anilines is 6. The first-order valence-corrected chi connectivity index (χ1v) is 24.5. The van der Waals surface area contributed by atoms with Crippen LogP contribution in [-0.4, -0.2) is 0 Å². The van der Waals surface area contributed by atoms with Crippen LogP contribution in [0.15, 0.2) is 276 Å². The lowest BCUT2D eigenvalue weighted by atomic mass is 9.99. The Morgan fingerprint density at radius 2 is 0.653 bits per heavy atom. The van der Waals surface area contributed by atoms with Crippen molar-refractivity contribution < 1.29 is 8.83 Å². The van der Waals surface area contributed by atoms with Gasteiger partial charge in [-0.2, -0.15) is 0 Å². The maximum atomic E-state index is 6.66. The van der Waals surface area contributed by atoms with E-state index in [1.54, 1.807) is 0 Å². The van der Waals surface area contributed by atoms with E-state index in [9.17, 15) is 0 Å². The Morgan fingerprint density at radius 1 is 0.222 bits per heavy atom. The summed E-state index contributed by atoms with van der Waals surface area (Å²) >= 11 is 0. The number of benzene rings is 12. The molecule has 14 rings (SSSR count). The van der Waals surface area contributed by atoms with Gasteiger partial charge in [0.2, 0.25) is 0 Å². The fourth-order valence-corrected chi connectivity index (χ4v) is 10.7. The van der Waals surface area contributed by atoms with Crippen molar-refractivity contribution >= 4 is 99.5 Å². The van der Waals surface area contributed by atoms with Crippen LogP contribution in [0.3, 0.4) is 0 Å². The van der Waals surface area contributed by atoms with Crippen molar-refractivity contribution in [1.29, 1.82) is 0 Å². The van der Waals surface area contributed by atoms with Crippen molar-refractivity contribution in [3.05, 3.63) is 267 Å². The van der Waals surface area contributed by atoms with E-state index in [1.165, 1.54) is 27.5 Å². The van der Waals surface area contributed by atoms with Crippen molar-refractivity contribution in [3.63, 3.8) is 0 Å². The lowest BCUT2D eigenvalue weighted by Gasteiger charge is -2.28. The lowest BCUT2D eigenvalue weighted by Crippen LogP contribution is -2.11. The fourth-order valence-electron chi connectivity index (χ4n) is 10.7. The maximum Gasteiger partial charge on any atom is 0.137 e. The Labute approximate surface area is 416 Å². The van der Waals surface area contributed by atoms with Crippen LogP contribution in [0.1, 0.15) is 0 Å². The molecule has 0 radical (unpaired) electrons. The third-order valence-corrected chi connectivity index (χ3v) is 14.2. The number of furan rings is 2. The zero-order valence-corrected chi connectivity index (χ0v) is 39.1. The Balaban J connectivity index is 0.925. The number of hydrogen-bond donors (Lipinski definition) is 0. The van der Waals surface area contributed by atoms with Crippen LogP contribution >= 0.6 is 0 Å². The smallest absolute Gasteiger partial charge is 0.137 e. The third kappa shape index (κ3) is 7.16. The third-order valence-electron chi connectivity index (χ3n) is 14.2. The van der Waals surface area contributed by atoms with E-state index in [0.29, 0.717) is 0 Å². The van der Waals surface area contributed by atoms with Gasteiger partial charge < -0.3 is 18.6 Å². The Morgan fingerprint density at radius 3 is 1.35 bits per heavy atom. The topological polar surface area (TPSA) is 32.8 Å². The van der Waals surface area contributed by atoms with Gasteiger partial charge >= 0.3 is 0 Å². The molecule has 0 saturated heterocycles. The highest BCUT2D eigenvalue weighted by atomic mass is 16.3. The monoisotopic (exact) mass is 920 g/mol. The van der Waals surface area contributed by atoms with Crippen LogP contribution in [0.2, 0.25) is 0 Å². The zero-order valence-electron chi connectivity index (χ0n) is 39.1. The second kappa shape index (κ2) is 17.1. The molecule has 0 aliphatic heterocycles. The largest absolute Gasteiger partial charge is 0.456 e. The molecular formula is C68H44N2O2. The van der Waals surface area contributed by atoms with Gasteiger partial charge in [-0.15, -0.1) is 0 Å². The molecule has 72 heavy (non-hydrogen) atoms. The van der Waals surface area contributed by atoms with Gasteiger partial charge in [0, 0.05) is 33.5 Å². The highest BCUT2D eigenvalue weighted by Gasteiger charge is 2.23. The van der Waals surface area contributed by atoms with Crippen molar-refractivity contribution in [2.75, 3.05) is 9.80 Å². The molecule has 0 spiro atoms. The molecule has 0 aliphatic carbocycles. The van der Waals surface area contributed by atoms with Crippen LogP contribution in [0, 0.1) is 0 Å². The Hall–Kier alpha value is -9.64. The average molecular weight is 921 g/mol. The summed E-state index contributed by atoms with van der Waals surface area (Å²) in [6, 6.07) is 95.5. The van der Waals surface area contributed by atoms with Gasteiger partial charge in [-0.05, 0) is 152 Å². The van der Waals surface area contributed by atoms with Crippen LogP contribution in [-0.2, 0) is 0 Å². The predicted molar refractivity (Wildman–Crippen MR) is 302 cm³/mol. The normalized spacial score (nSPS) is 11.6. The molecule has 0 saturated carbocycles. The molecule has 2 heterocycles. The molecule has 0 atom stereocenters. The van der Waals surface area contributed by atoms with Crippen LogP contribution < -0.4 is 9.80 Å². The molecule has 4 nitrogen and oxygen atoms in total. The van der Waals surface area contributed by atoms with Crippen LogP contribution in [0.4, 0.5) is 34.1 Å². The number of nitrogens with zero attached hydrogens (tertiary/aromatic N) is 2. The summed E-state index contributed by atoms with van der Waals surface area (Å²) in [7, 11) is 0. The number of para-hydroxylation sites is 1. The number of rotatable bonds is 9. The van der Waals surface area contributed by atoms with Crippen molar-refractivity contribution in [2.24, 2.45) is 0 Å². The van der Waals surface area contributed by atoms with Crippen molar-refractivity contribution in [2.45, 2.75) is 0 Å². The molecule has 0 aliphatic rings. The number of fused-ring (bicyclic) bond motifs is 8. The van der Waals surface area contributed by atoms with Crippen LogP contribution in [0.5, 0.6) is 0 Å². The second-order valence-electron chi connectivity index (χ2n) is 18.5. The van der Waals surface area contributed by atoms with Crippen LogP contribution in [0.25, 0.3) is 98.8 Å². The molecule has 14 aromatic rings. The minimum absolute atomic E-state index is 0.846. The van der Waals surface area contributed by atoms with E-state index < -0.39 is 0 Å². The van der Waals surface area contributed by atoms with E-state index in [1.807, 2.05) is 6.07 Å². The first-order valence-electron chi connectivity index (χ1n) is 24.5. The zero-order chi connectivity index (χ0) is 47.5. The fraction of sp³-hybridized carbons (Fsp3) is 0. The average Bonchev–Trinajstić information content (AvgIpc) is 4.02. The molecule has 0 fully saturated rings. The maximum absolute atomic E-state index is 6.66. The van der Waals surface area contributed by atoms with Gasteiger partial charge in [0.25, 0.3) is 0 Å². The molecule has 0 N–H and O–H groups in total. The Bertz CT molecular complexity index is 4340. The molecule has 2 aromatic heterocycles. The molecule has 0 unspecified atom stereocenters. The minimum Gasteiger partial charge on any atom is -0.456 e. The van der Waals surface area contributed by atoms with Gasteiger partial charge in [0.1, 0.15) is 22.3 Å². The molecule has 338 valence electrons. The lowest BCUT2D eigenvalue weighted by molar-refractivity contribution is 0.669. The highest BCUT2D eigenvalue weighted by molar-refractivity contribution is 6.17. The minimum atomic E-state index is 0.846. The van der Waals surface area contributed by atoms with E-state index in [-0.39, 0.29) is 0 Å².